The third-order valence-corrected chi connectivity index (χ3v) is 3.06. The van der Waals surface area contributed by atoms with Crippen molar-refractivity contribution in [2.75, 3.05) is 0 Å². The molecule has 0 saturated carbocycles. The summed E-state index contributed by atoms with van der Waals surface area (Å²) in [5.74, 6) is 2.00. The van der Waals surface area contributed by atoms with E-state index in [0.29, 0.717) is 17.9 Å². The molecule has 0 unspecified atom stereocenters. The van der Waals surface area contributed by atoms with Gasteiger partial charge in [-0.3, -0.25) is 0 Å². The molecule has 0 radical (unpaired) electrons. The Hall–Kier alpha value is -2.16. The smallest absolute Gasteiger partial charge is 0.207 e. The van der Waals surface area contributed by atoms with Crippen LogP contribution in [-0.2, 0) is 6.42 Å². The van der Waals surface area contributed by atoms with E-state index in [-0.39, 0.29) is 5.76 Å². The number of ether oxygens (including phenoxy) is 1. The first-order valence-electron chi connectivity index (χ1n) is 5.89. The first kappa shape index (κ1) is 11.0. The molecule has 2 heterocycles. The molecule has 2 aromatic rings. The zero-order valence-corrected chi connectivity index (χ0v) is 10.4. The summed E-state index contributed by atoms with van der Waals surface area (Å²) >= 11 is 0. The Balaban J connectivity index is 2.08. The van der Waals surface area contributed by atoms with Crippen LogP contribution in [0.1, 0.15) is 22.5 Å². The van der Waals surface area contributed by atoms with Gasteiger partial charge in [-0.2, -0.15) is 0 Å². The van der Waals surface area contributed by atoms with Gasteiger partial charge in [0.15, 0.2) is 5.76 Å². The highest BCUT2D eigenvalue weighted by Gasteiger charge is 2.24. The van der Waals surface area contributed by atoms with Crippen molar-refractivity contribution in [2.45, 2.75) is 20.3 Å². The van der Waals surface area contributed by atoms with Gasteiger partial charge in [-0.05, 0) is 31.5 Å². The molecule has 1 N–H and O–H groups in total. The Morgan fingerprint density at radius 3 is 2.78 bits per heavy atom. The third kappa shape index (κ3) is 1.68. The van der Waals surface area contributed by atoms with Crippen LogP contribution in [0.2, 0.25) is 0 Å². The Morgan fingerprint density at radius 1 is 1.22 bits per heavy atom. The number of hydrogen-bond donors (Lipinski definition) is 1. The van der Waals surface area contributed by atoms with Crippen LogP contribution >= 0.6 is 0 Å². The van der Waals surface area contributed by atoms with Gasteiger partial charge in [0.2, 0.25) is 5.76 Å². The zero-order valence-electron chi connectivity index (χ0n) is 10.4. The predicted molar refractivity (Wildman–Crippen MR) is 68.5 cm³/mol. The number of benzene rings is 1. The maximum Gasteiger partial charge on any atom is 0.207 e. The molecule has 92 valence electrons. The standard InChI is InChI=1S/C15H14O3/c1-9-6-10(2)14-11(7-9)8-12(16)15(18-14)13-4-3-5-17-13/h3-7,16H,8H2,1-2H3. The van der Waals surface area contributed by atoms with E-state index >= 15 is 0 Å². The SMILES string of the molecule is Cc1cc(C)c2c(c1)CC(O)=C(c1ccco1)O2. The first-order valence-corrected chi connectivity index (χ1v) is 5.89. The summed E-state index contributed by atoms with van der Waals surface area (Å²) in [7, 11) is 0. The van der Waals surface area contributed by atoms with E-state index in [0.717, 1.165) is 16.9 Å². The number of furan rings is 1. The maximum absolute atomic E-state index is 10.1. The fourth-order valence-corrected chi connectivity index (χ4v) is 2.34. The van der Waals surface area contributed by atoms with E-state index < -0.39 is 0 Å². The monoisotopic (exact) mass is 242 g/mol. The van der Waals surface area contributed by atoms with Gasteiger partial charge in [-0.25, -0.2) is 0 Å². The molecule has 1 aromatic carbocycles. The molecule has 0 fully saturated rings. The Bertz CT molecular complexity index is 621. The van der Waals surface area contributed by atoms with E-state index in [2.05, 4.69) is 6.07 Å². The van der Waals surface area contributed by atoms with Crippen molar-refractivity contribution in [1.29, 1.82) is 0 Å². The minimum Gasteiger partial charge on any atom is -0.508 e. The second kappa shape index (κ2) is 3.95. The average Bonchev–Trinajstić information content (AvgIpc) is 2.81. The number of hydrogen-bond acceptors (Lipinski definition) is 3. The highest BCUT2D eigenvalue weighted by atomic mass is 16.5. The lowest BCUT2D eigenvalue weighted by Gasteiger charge is -2.21. The highest BCUT2D eigenvalue weighted by molar-refractivity contribution is 5.65. The van der Waals surface area contributed by atoms with E-state index in [9.17, 15) is 5.11 Å². The van der Waals surface area contributed by atoms with E-state index in [1.165, 1.54) is 5.56 Å². The number of aliphatic hydroxyl groups excluding tert-OH is 1. The summed E-state index contributed by atoms with van der Waals surface area (Å²) in [6, 6.07) is 7.66. The summed E-state index contributed by atoms with van der Waals surface area (Å²) in [6.07, 6.45) is 2.05. The summed E-state index contributed by atoms with van der Waals surface area (Å²) in [6.45, 7) is 4.05. The maximum atomic E-state index is 10.1. The summed E-state index contributed by atoms with van der Waals surface area (Å²) in [5.41, 5.74) is 3.26. The number of rotatable bonds is 1. The molecule has 3 heteroatoms. The van der Waals surface area contributed by atoms with Gasteiger partial charge < -0.3 is 14.3 Å². The number of fused-ring (bicyclic) bond motifs is 1. The van der Waals surface area contributed by atoms with Gasteiger partial charge in [-0.1, -0.05) is 17.7 Å². The Kier molecular flexibility index (Phi) is 2.40. The molecule has 1 aliphatic heterocycles. The molecule has 0 saturated heterocycles. The molecule has 1 aromatic heterocycles. The minimum absolute atomic E-state index is 0.211. The minimum atomic E-state index is 0.211. The molecule has 3 rings (SSSR count). The molecule has 1 aliphatic rings. The van der Waals surface area contributed by atoms with Crippen LogP contribution in [0.4, 0.5) is 0 Å². The average molecular weight is 242 g/mol. The molecule has 0 aliphatic carbocycles. The van der Waals surface area contributed by atoms with Gasteiger partial charge in [-0.15, -0.1) is 0 Å². The molecular weight excluding hydrogens is 228 g/mol. The topological polar surface area (TPSA) is 42.6 Å². The highest BCUT2D eigenvalue weighted by Crippen LogP contribution is 2.36. The second-order valence-corrected chi connectivity index (χ2v) is 4.60. The van der Waals surface area contributed by atoms with E-state index in [1.54, 1.807) is 18.4 Å². The lowest BCUT2D eigenvalue weighted by Crippen LogP contribution is -2.10. The predicted octanol–water partition coefficient (Wildman–Crippen LogP) is 3.76. The summed E-state index contributed by atoms with van der Waals surface area (Å²) < 4.78 is 11.1. The summed E-state index contributed by atoms with van der Waals surface area (Å²) in [4.78, 5) is 0. The Morgan fingerprint density at radius 2 is 2.06 bits per heavy atom. The first-order chi connectivity index (χ1) is 8.65. The van der Waals surface area contributed by atoms with Crippen LogP contribution in [-0.4, -0.2) is 5.11 Å². The van der Waals surface area contributed by atoms with Gasteiger partial charge in [0.1, 0.15) is 11.5 Å². The van der Waals surface area contributed by atoms with Crippen molar-refractivity contribution in [3.8, 4) is 5.75 Å². The van der Waals surface area contributed by atoms with Crippen molar-refractivity contribution < 1.29 is 14.3 Å². The van der Waals surface area contributed by atoms with Crippen molar-refractivity contribution in [3.63, 3.8) is 0 Å². The summed E-state index contributed by atoms with van der Waals surface area (Å²) in [5, 5.41) is 10.1. The van der Waals surface area contributed by atoms with Gasteiger partial charge in [0.05, 0.1) is 6.26 Å². The Labute approximate surface area is 105 Å². The second-order valence-electron chi connectivity index (χ2n) is 4.60. The quantitative estimate of drug-likeness (QED) is 0.828. The fourth-order valence-electron chi connectivity index (χ4n) is 2.34. The van der Waals surface area contributed by atoms with Gasteiger partial charge in [0, 0.05) is 12.0 Å². The van der Waals surface area contributed by atoms with Gasteiger partial charge in [0.25, 0.3) is 0 Å². The zero-order chi connectivity index (χ0) is 12.7. The van der Waals surface area contributed by atoms with Crippen molar-refractivity contribution in [3.05, 3.63) is 58.7 Å². The van der Waals surface area contributed by atoms with Crippen molar-refractivity contribution in [2.24, 2.45) is 0 Å². The van der Waals surface area contributed by atoms with Crippen molar-refractivity contribution in [1.82, 2.24) is 0 Å². The lowest BCUT2D eigenvalue weighted by atomic mass is 10.00. The van der Waals surface area contributed by atoms with E-state index in [4.69, 9.17) is 9.15 Å². The van der Waals surface area contributed by atoms with Crippen LogP contribution in [0.5, 0.6) is 5.75 Å². The third-order valence-electron chi connectivity index (χ3n) is 3.06. The number of aliphatic hydroxyl groups is 1. The van der Waals surface area contributed by atoms with Crippen LogP contribution in [0.25, 0.3) is 5.76 Å². The number of aryl methyl sites for hydroxylation is 2. The molecule has 3 nitrogen and oxygen atoms in total. The van der Waals surface area contributed by atoms with Crippen LogP contribution < -0.4 is 4.74 Å². The largest absolute Gasteiger partial charge is 0.508 e. The lowest BCUT2D eigenvalue weighted by molar-refractivity contribution is 0.348. The van der Waals surface area contributed by atoms with Crippen LogP contribution in [0.3, 0.4) is 0 Å². The molecule has 0 amide bonds. The van der Waals surface area contributed by atoms with Crippen LogP contribution in [0.15, 0.2) is 40.7 Å². The normalized spacial score (nSPS) is 14.3. The number of allylic oxidation sites excluding steroid dienone is 1. The molecule has 0 bridgehead atoms. The molecular formula is C15H14O3. The van der Waals surface area contributed by atoms with E-state index in [1.807, 2.05) is 19.9 Å². The molecule has 0 atom stereocenters. The van der Waals surface area contributed by atoms with Crippen LogP contribution in [0, 0.1) is 13.8 Å². The molecule has 0 spiro atoms. The molecule has 18 heavy (non-hydrogen) atoms. The van der Waals surface area contributed by atoms with Gasteiger partial charge >= 0.3 is 0 Å². The van der Waals surface area contributed by atoms with Crippen molar-refractivity contribution >= 4 is 5.76 Å². The fraction of sp³-hybridized carbons (Fsp3) is 0.200.